The van der Waals surface area contributed by atoms with Crippen molar-refractivity contribution in [1.29, 1.82) is 0 Å². The highest BCUT2D eigenvalue weighted by atomic mass is 32.1. The Morgan fingerprint density at radius 1 is 1.45 bits per heavy atom. The van der Waals surface area contributed by atoms with Crippen LogP contribution in [0.2, 0.25) is 0 Å². The molecule has 2 heterocycles. The van der Waals surface area contributed by atoms with E-state index in [0.29, 0.717) is 6.54 Å². The van der Waals surface area contributed by atoms with E-state index in [2.05, 4.69) is 21.8 Å². The van der Waals surface area contributed by atoms with E-state index in [4.69, 9.17) is 4.74 Å². The van der Waals surface area contributed by atoms with Gasteiger partial charge in [0.05, 0.1) is 0 Å². The number of thiazole rings is 1. The van der Waals surface area contributed by atoms with Crippen molar-refractivity contribution in [2.45, 2.75) is 46.3 Å². The zero-order valence-corrected chi connectivity index (χ0v) is 14.6. The molecule has 1 aromatic rings. The molecule has 0 saturated carbocycles. The Hall–Kier alpha value is -1.40. The summed E-state index contributed by atoms with van der Waals surface area (Å²) in [6.45, 7) is 10.7. The molecular weight excluding hydrogens is 298 g/mol. The van der Waals surface area contributed by atoms with Gasteiger partial charge in [0.25, 0.3) is 0 Å². The third-order valence-corrected chi connectivity index (χ3v) is 4.22. The van der Waals surface area contributed by atoms with Crippen molar-refractivity contribution in [2.75, 3.05) is 19.6 Å². The van der Waals surface area contributed by atoms with Gasteiger partial charge in [0.1, 0.15) is 10.6 Å². The lowest BCUT2D eigenvalue weighted by atomic mass is 10.1. The van der Waals surface area contributed by atoms with Crippen molar-refractivity contribution in [1.82, 2.24) is 15.2 Å². The molecule has 1 aliphatic rings. The van der Waals surface area contributed by atoms with E-state index < -0.39 is 5.60 Å². The largest absolute Gasteiger partial charge is 0.444 e. The van der Waals surface area contributed by atoms with Crippen LogP contribution in [0.3, 0.4) is 0 Å². The van der Waals surface area contributed by atoms with Crippen LogP contribution < -0.4 is 5.32 Å². The fourth-order valence-corrected chi connectivity index (χ4v) is 2.92. The monoisotopic (exact) mass is 323 g/mol. The van der Waals surface area contributed by atoms with E-state index in [1.165, 1.54) is 5.57 Å². The molecule has 0 fully saturated rings. The van der Waals surface area contributed by atoms with Crippen LogP contribution in [-0.4, -0.2) is 41.2 Å². The second kappa shape index (κ2) is 7.24. The number of rotatable bonds is 4. The molecule has 1 N–H and O–H groups in total. The molecule has 0 atom stereocenters. The maximum Gasteiger partial charge on any atom is 0.410 e. The molecule has 0 bridgehead atoms. The van der Waals surface area contributed by atoms with Crippen LogP contribution in [0.15, 0.2) is 17.0 Å². The molecule has 1 amide bonds. The summed E-state index contributed by atoms with van der Waals surface area (Å²) in [4.78, 5) is 18.2. The molecule has 0 radical (unpaired) electrons. The van der Waals surface area contributed by atoms with Gasteiger partial charge < -0.3 is 15.0 Å². The fraction of sp³-hybridized carbons (Fsp3) is 0.625. The van der Waals surface area contributed by atoms with Crippen LogP contribution in [-0.2, 0) is 11.3 Å². The van der Waals surface area contributed by atoms with Crippen LogP contribution in [0, 0.1) is 6.92 Å². The Bertz CT molecular complexity index is 546. The van der Waals surface area contributed by atoms with Gasteiger partial charge in [-0.15, -0.1) is 11.3 Å². The van der Waals surface area contributed by atoms with Crippen LogP contribution in [0.25, 0.3) is 0 Å². The molecule has 22 heavy (non-hydrogen) atoms. The molecule has 0 aromatic carbocycles. The standard InChI is InChI=1S/C16H25N3O2S/c1-12-11-22-14(18-12)10-17-9-13-5-7-19(8-6-13)15(20)21-16(2,3)4/h5,11,17H,6-10H2,1-4H3. The first-order chi connectivity index (χ1) is 10.3. The van der Waals surface area contributed by atoms with Crippen molar-refractivity contribution in [3.63, 3.8) is 0 Å². The molecule has 0 saturated heterocycles. The first-order valence-corrected chi connectivity index (χ1v) is 8.49. The molecule has 5 nitrogen and oxygen atoms in total. The summed E-state index contributed by atoms with van der Waals surface area (Å²) >= 11 is 1.68. The predicted molar refractivity (Wildman–Crippen MR) is 89.1 cm³/mol. The summed E-state index contributed by atoms with van der Waals surface area (Å²) < 4.78 is 5.39. The number of aryl methyl sites for hydroxylation is 1. The van der Waals surface area contributed by atoms with Gasteiger partial charge in [0, 0.05) is 37.3 Å². The minimum atomic E-state index is -0.436. The van der Waals surface area contributed by atoms with Crippen molar-refractivity contribution >= 4 is 17.4 Å². The van der Waals surface area contributed by atoms with Gasteiger partial charge in [-0.1, -0.05) is 11.6 Å². The first-order valence-electron chi connectivity index (χ1n) is 7.61. The normalized spacial score (nSPS) is 15.6. The molecule has 1 aromatic heterocycles. The number of nitrogens with one attached hydrogen (secondary N) is 1. The van der Waals surface area contributed by atoms with Crippen LogP contribution >= 0.6 is 11.3 Å². The van der Waals surface area contributed by atoms with E-state index >= 15 is 0 Å². The maximum absolute atomic E-state index is 12.0. The van der Waals surface area contributed by atoms with E-state index in [1.54, 1.807) is 16.2 Å². The zero-order valence-electron chi connectivity index (χ0n) is 13.8. The van der Waals surface area contributed by atoms with Crippen molar-refractivity contribution < 1.29 is 9.53 Å². The minimum absolute atomic E-state index is 0.228. The van der Waals surface area contributed by atoms with Crippen LogP contribution in [0.4, 0.5) is 4.79 Å². The third kappa shape index (κ3) is 5.42. The minimum Gasteiger partial charge on any atom is -0.444 e. The summed E-state index contributed by atoms with van der Waals surface area (Å²) in [5, 5.41) is 6.59. The predicted octanol–water partition coefficient (Wildman–Crippen LogP) is 3.11. The highest BCUT2D eigenvalue weighted by Gasteiger charge is 2.23. The van der Waals surface area contributed by atoms with Crippen molar-refractivity contribution in [3.05, 3.63) is 27.7 Å². The fourth-order valence-electron chi connectivity index (χ4n) is 2.18. The average Bonchev–Trinajstić information content (AvgIpc) is 2.83. The Morgan fingerprint density at radius 3 is 2.77 bits per heavy atom. The second-order valence-corrected chi connectivity index (χ2v) is 7.47. The first kappa shape index (κ1) is 17.0. The molecule has 1 aliphatic heterocycles. The average molecular weight is 323 g/mol. The summed E-state index contributed by atoms with van der Waals surface area (Å²) in [7, 11) is 0. The molecule has 2 rings (SSSR count). The van der Waals surface area contributed by atoms with E-state index in [0.717, 1.165) is 36.8 Å². The lowest BCUT2D eigenvalue weighted by molar-refractivity contribution is 0.0265. The highest BCUT2D eigenvalue weighted by molar-refractivity contribution is 7.09. The number of amides is 1. The smallest absolute Gasteiger partial charge is 0.410 e. The van der Waals surface area contributed by atoms with Gasteiger partial charge in [-0.2, -0.15) is 0 Å². The number of hydrogen-bond acceptors (Lipinski definition) is 5. The summed E-state index contributed by atoms with van der Waals surface area (Å²) in [5.74, 6) is 0. The Balaban J connectivity index is 1.73. The van der Waals surface area contributed by atoms with Gasteiger partial charge in [-0.25, -0.2) is 9.78 Å². The molecule has 122 valence electrons. The number of carbonyl (C=O) groups is 1. The molecule has 0 spiro atoms. The topological polar surface area (TPSA) is 54.5 Å². The number of aromatic nitrogens is 1. The highest BCUT2D eigenvalue weighted by Crippen LogP contribution is 2.15. The van der Waals surface area contributed by atoms with E-state index in [1.807, 2.05) is 27.7 Å². The van der Waals surface area contributed by atoms with Crippen molar-refractivity contribution in [3.8, 4) is 0 Å². The second-order valence-electron chi connectivity index (χ2n) is 6.52. The maximum atomic E-state index is 12.0. The SMILES string of the molecule is Cc1csc(CNCC2=CCN(C(=O)OC(C)(C)C)CC2)n1. The van der Waals surface area contributed by atoms with E-state index in [-0.39, 0.29) is 6.09 Å². The molecule has 6 heteroatoms. The number of hydrogen-bond donors (Lipinski definition) is 1. The van der Waals surface area contributed by atoms with Crippen LogP contribution in [0.5, 0.6) is 0 Å². The Morgan fingerprint density at radius 2 is 2.23 bits per heavy atom. The van der Waals surface area contributed by atoms with Gasteiger partial charge in [0.15, 0.2) is 0 Å². The van der Waals surface area contributed by atoms with E-state index in [9.17, 15) is 4.79 Å². The van der Waals surface area contributed by atoms with Crippen molar-refractivity contribution in [2.24, 2.45) is 0 Å². The van der Waals surface area contributed by atoms with Crippen LogP contribution in [0.1, 0.15) is 37.9 Å². The van der Waals surface area contributed by atoms with Gasteiger partial charge in [-0.05, 0) is 34.1 Å². The molecule has 0 unspecified atom stereocenters. The number of carbonyl (C=O) groups excluding carboxylic acids is 1. The van der Waals surface area contributed by atoms with Gasteiger partial charge >= 0.3 is 6.09 Å². The molecule has 0 aliphatic carbocycles. The Kier molecular flexibility index (Phi) is 5.58. The lowest BCUT2D eigenvalue weighted by Crippen LogP contribution is -2.39. The quantitative estimate of drug-likeness (QED) is 0.865. The summed E-state index contributed by atoms with van der Waals surface area (Å²) in [6.07, 6.45) is 2.78. The Labute approximate surface area is 136 Å². The number of nitrogens with zero attached hydrogens (tertiary/aromatic N) is 2. The van der Waals surface area contributed by atoms with Gasteiger partial charge in [0.2, 0.25) is 0 Å². The molecular formula is C16H25N3O2S. The zero-order chi connectivity index (χ0) is 16.2. The summed E-state index contributed by atoms with van der Waals surface area (Å²) in [6, 6.07) is 0. The van der Waals surface area contributed by atoms with Gasteiger partial charge in [-0.3, -0.25) is 0 Å². The summed E-state index contributed by atoms with van der Waals surface area (Å²) in [5.41, 5.74) is 1.98. The third-order valence-electron chi connectivity index (χ3n) is 3.25. The lowest BCUT2D eigenvalue weighted by Gasteiger charge is -2.29. The number of ether oxygens (including phenoxy) is 1.